The molecule has 1 aromatic heterocycles. The van der Waals surface area contributed by atoms with Crippen molar-refractivity contribution in [3.63, 3.8) is 0 Å². The number of hydrogen-bond acceptors (Lipinski definition) is 4. The zero-order valence-corrected chi connectivity index (χ0v) is 12.4. The van der Waals surface area contributed by atoms with Crippen LogP contribution in [0.5, 0.6) is 0 Å². The summed E-state index contributed by atoms with van der Waals surface area (Å²) in [5.41, 5.74) is 0.322. The Bertz CT molecular complexity index is 582. The molecule has 20 heavy (non-hydrogen) atoms. The summed E-state index contributed by atoms with van der Waals surface area (Å²) in [6.07, 6.45) is 3.68. The summed E-state index contributed by atoms with van der Waals surface area (Å²) in [5.74, 6) is 0. The highest BCUT2D eigenvalue weighted by Gasteiger charge is 2.26. The van der Waals surface area contributed by atoms with Gasteiger partial charge in [-0.15, -0.1) is 0 Å². The highest BCUT2D eigenvalue weighted by molar-refractivity contribution is 5.05. The molecular weight excluding hydrogens is 258 g/mol. The monoisotopic (exact) mass is 281 g/mol. The highest BCUT2D eigenvalue weighted by atomic mass is 16.5. The minimum absolute atomic E-state index is 0.224. The summed E-state index contributed by atoms with van der Waals surface area (Å²) in [5, 5.41) is 3.34. The van der Waals surface area contributed by atoms with Crippen LogP contribution in [0.4, 0.5) is 0 Å². The number of aryl methyl sites for hydroxylation is 1. The van der Waals surface area contributed by atoms with E-state index >= 15 is 0 Å². The van der Waals surface area contributed by atoms with E-state index < -0.39 is 0 Å². The highest BCUT2D eigenvalue weighted by Crippen LogP contribution is 2.28. The van der Waals surface area contributed by atoms with Crippen LogP contribution in [0.3, 0.4) is 0 Å². The van der Waals surface area contributed by atoms with Crippen molar-refractivity contribution in [1.82, 2.24) is 14.5 Å². The summed E-state index contributed by atoms with van der Waals surface area (Å²) in [6, 6.07) is 0. The number of hydrogen-bond donors (Lipinski definition) is 1. The average molecular weight is 281 g/mol. The van der Waals surface area contributed by atoms with Gasteiger partial charge < -0.3 is 14.6 Å². The van der Waals surface area contributed by atoms with E-state index in [1.807, 2.05) is 0 Å². The zero-order chi connectivity index (χ0) is 14.8. The molecule has 2 heterocycles. The first kappa shape index (κ1) is 15.0. The normalized spacial score (nSPS) is 18.1. The fourth-order valence-corrected chi connectivity index (χ4v) is 2.54. The maximum atomic E-state index is 12.0. The Hall–Kier alpha value is -1.40. The van der Waals surface area contributed by atoms with Gasteiger partial charge in [0.25, 0.3) is 5.56 Å². The Labute approximate surface area is 118 Å². The molecule has 0 radical (unpaired) electrons. The SMILES string of the molecule is Cn1cc(CNCC2(C)CCOCC2)c(=O)n(C)c1=O. The molecule has 6 heteroatoms. The first-order valence-electron chi connectivity index (χ1n) is 6.97. The number of aromatic nitrogens is 2. The summed E-state index contributed by atoms with van der Waals surface area (Å²) >= 11 is 0. The third-order valence-electron chi connectivity index (χ3n) is 4.08. The summed E-state index contributed by atoms with van der Waals surface area (Å²) in [7, 11) is 3.17. The molecule has 112 valence electrons. The van der Waals surface area contributed by atoms with Crippen LogP contribution in [0.15, 0.2) is 15.8 Å². The second-order valence-corrected chi connectivity index (χ2v) is 5.94. The lowest BCUT2D eigenvalue weighted by molar-refractivity contribution is 0.0240. The smallest absolute Gasteiger partial charge is 0.330 e. The quantitative estimate of drug-likeness (QED) is 0.843. The molecule has 1 fully saturated rings. The Balaban J connectivity index is 2.01. The van der Waals surface area contributed by atoms with Crippen LogP contribution < -0.4 is 16.6 Å². The molecule has 1 aliphatic heterocycles. The standard InChI is InChI=1S/C14H23N3O3/c1-14(4-6-20-7-5-14)10-15-8-11-9-16(2)13(19)17(3)12(11)18/h9,15H,4-8,10H2,1-3H3. The Morgan fingerprint density at radius 3 is 2.60 bits per heavy atom. The summed E-state index contributed by atoms with van der Waals surface area (Å²) in [6.45, 7) is 5.18. The van der Waals surface area contributed by atoms with Crippen LogP contribution in [0.25, 0.3) is 0 Å². The first-order chi connectivity index (χ1) is 9.43. The van der Waals surface area contributed by atoms with Crippen LogP contribution in [0, 0.1) is 5.41 Å². The van der Waals surface area contributed by atoms with Gasteiger partial charge in [-0.05, 0) is 18.3 Å². The van der Waals surface area contributed by atoms with Crippen molar-refractivity contribution < 1.29 is 4.74 Å². The second kappa shape index (κ2) is 5.93. The predicted molar refractivity (Wildman–Crippen MR) is 76.8 cm³/mol. The van der Waals surface area contributed by atoms with Crippen LogP contribution in [-0.2, 0) is 25.4 Å². The van der Waals surface area contributed by atoms with Crippen molar-refractivity contribution in [3.8, 4) is 0 Å². The van der Waals surface area contributed by atoms with Gasteiger partial charge in [0.2, 0.25) is 0 Å². The molecule has 0 aromatic carbocycles. The first-order valence-corrected chi connectivity index (χ1v) is 6.97. The van der Waals surface area contributed by atoms with Gasteiger partial charge in [-0.1, -0.05) is 6.92 Å². The molecule has 1 aliphatic rings. The molecule has 0 amide bonds. The van der Waals surface area contributed by atoms with E-state index in [-0.39, 0.29) is 16.7 Å². The van der Waals surface area contributed by atoms with Gasteiger partial charge in [-0.25, -0.2) is 4.79 Å². The molecule has 2 rings (SSSR count). The third-order valence-corrected chi connectivity index (χ3v) is 4.08. The van der Waals surface area contributed by atoms with E-state index in [2.05, 4.69) is 12.2 Å². The van der Waals surface area contributed by atoms with E-state index in [1.54, 1.807) is 13.2 Å². The molecular formula is C14H23N3O3. The van der Waals surface area contributed by atoms with Gasteiger partial charge in [-0.3, -0.25) is 9.36 Å². The van der Waals surface area contributed by atoms with E-state index in [1.165, 1.54) is 11.6 Å². The fraction of sp³-hybridized carbons (Fsp3) is 0.714. The lowest BCUT2D eigenvalue weighted by Gasteiger charge is -2.33. The molecule has 0 bridgehead atoms. The fourth-order valence-electron chi connectivity index (χ4n) is 2.54. The van der Waals surface area contributed by atoms with Gasteiger partial charge >= 0.3 is 5.69 Å². The van der Waals surface area contributed by atoms with Gasteiger partial charge in [0.1, 0.15) is 0 Å². The molecule has 0 atom stereocenters. The minimum Gasteiger partial charge on any atom is -0.381 e. The van der Waals surface area contributed by atoms with E-state index in [0.29, 0.717) is 12.1 Å². The maximum Gasteiger partial charge on any atom is 0.330 e. The topological polar surface area (TPSA) is 65.3 Å². The molecule has 0 unspecified atom stereocenters. The zero-order valence-electron chi connectivity index (χ0n) is 12.4. The van der Waals surface area contributed by atoms with Crippen LogP contribution in [-0.4, -0.2) is 28.9 Å². The molecule has 1 saturated heterocycles. The van der Waals surface area contributed by atoms with Crippen molar-refractivity contribution in [1.29, 1.82) is 0 Å². The van der Waals surface area contributed by atoms with E-state index in [0.717, 1.165) is 37.2 Å². The van der Waals surface area contributed by atoms with Gasteiger partial charge in [0.15, 0.2) is 0 Å². The molecule has 0 aliphatic carbocycles. The molecule has 0 spiro atoms. The number of nitrogens with one attached hydrogen (secondary N) is 1. The van der Waals surface area contributed by atoms with Gasteiger partial charge in [-0.2, -0.15) is 0 Å². The second-order valence-electron chi connectivity index (χ2n) is 5.94. The Kier molecular flexibility index (Phi) is 4.45. The molecule has 1 N–H and O–H groups in total. The summed E-state index contributed by atoms with van der Waals surface area (Å²) in [4.78, 5) is 23.6. The lowest BCUT2D eigenvalue weighted by atomic mass is 9.82. The number of ether oxygens (including phenoxy) is 1. The predicted octanol–water partition coefficient (Wildman–Crippen LogP) is -0.00970. The van der Waals surface area contributed by atoms with Gasteiger partial charge in [0.05, 0.1) is 0 Å². The third kappa shape index (κ3) is 3.19. The molecule has 0 saturated carbocycles. The van der Waals surface area contributed by atoms with Crippen LogP contribution in [0.2, 0.25) is 0 Å². The Morgan fingerprint density at radius 2 is 1.95 bits per heavy atom. The summed E-state index contributed by atoms with van der Waals surface area (Å²) < 4.78 is 7.96. The number of nitrogens with zero attached hydrogens (tertiary/aromatic N) is 2. The van der Waals surface area contributed by atoms with Crippen molar-refractivity contribution in [2.45, 2.75) is 26.3 Å². The average Bonchev–Trinajstić information content (AvgIpc) is 2.43. The van der Waals surface area contributed by atoms with Crippen molar-refractivity contribution in [2.75, 3.05) is 19.8 Å². The minimum atomic E-state index is -0.296. The van der Waals surface area contributed by atoms with Crippen LogP contribution in [0.1, 0.15) is 25.3 Å². The molecule has 6 nitrogen and oxygen atoms in total. The maximum absolute atomic E-state index is 12.0. The largest absolute Gasteiger partial charge is 0.381 e. The van der Waals surface area contributed by atoms with Crippen LogP contribution >= 0.6 is 0 Å². The number of rotatable bonds is 4. The van der Waals surface area contributed by atoms with Gasteiger partial charge in [0, 0.05) is 52.2 Å². The molecule has 1 aromatic rings. The van der Waals surface area contributed by atoms with E-state index in [9.17, 15) is 9.59 Å². The Morgan fingerprint density at radius 1 is 1.30 bits per heavy atom. The van der Waals surface area contributed by atoms with Crippen molar-refractivity contribution in [3.05, 3.63) is 32.6 Å². The van der Waals surface area contributed by atoms with Crippen molar-refractivity contribution >= 4 is 0 Å². The lowest BCUT2D eigenvalue weighted by Crippen LogP contribution is -2.41. The van der Waals surface area contributed by atoms with E-state index in [4.69, 9.17) is 4.74 Å². The van der Waals surface area contributed by atoms with Crippen molar-refractivity contribution in [2.24, 2.45) is 19.5 Å².